The van der Waals surface area contributed by atoms with Crippen LogP contribution in [0, 0.1) is 24.0 Å². The van der Waals surface area contributed by atoms with Crippen LogP contribution in [0.1, 0.15) is 28.9 Å². The standard InChI is InChI=1S/C11H12N2O4/c1-6-5-9(16-7(6)2)11(12)8-3-4-10(17-8)13(14)15/h3-5,11H,12H2,1-2H3. The zero-order chi connectivity index (χ0) is 12.6. The fourth-order valence-corrected chi connectivity index (χ4v) is 1.50. The van der Waals surface area contributed by atoms with Crippen LogP contribution in [0.4, 0.5) is 5.88 Å². The van der Waals surface area contributed by atoms with Crippen LogP contribution in [0.5, 0.6) is 0 Å². The molecule has 90 valence electrons. The molecule has 0 aliphatic heterocycles. The molecule has 2 heterocycles. The quantitative estimate of drug-likeness (QED) is 0.652. The summed E-state index contributed by atoms with van der Waals surface area (Å²) in [4.78, 5) is 9.88. The normalized spacial score (nSPS) is 12.6. The lowest BCUT2D eigenvalue weighted by Gasteiger charge is -2.03. The average Bonchev–Trinajstić information content (AvgIpc) is 2.86. The van der Waals surface area contributed by atoms with E-state index in [0.717, 1.165) is 11.3 Å². The van der Waals surface area contributed by atoms with Gasteiger partial charge in [-0.2, -0.15) is 0 Å². The van der Waals surface area contributed by atoms with Crippen LogP contribution in [0.3, 0.4) is 0 Å². The van der Waals surface area contributed by atoms with E-state index in [1.165, 1.54) is 12.1 Å². The van der Waals surface area contributed by atoms with Crippen LogP contribution < -0.4 is 5.73 Å². The highest BCUT2D eigenvalue weighted by Crippen LogP contribution is 2.27. The molecule has 2 rings (SSSR count). The predicted octanol–water partition coefficient (Wildman–Crippen LogP) is 2.45. The molecular weight excluding hydrogens is 224 g/mol. The highest BCUT2D eigenvalue weighted by atomic mass is 16.6. The Morgan fingerprint density at radius 1 is 1.29 bits per heavy atom. The number of aryl methyl sites for hydroxylation is 2. The molecule has 0 fully saturated rings. The van der Waals surface area contributed by atoms with Gasteiger partial charge in [0.15, 0.2) is 0 Å². The summed E-state index contributed by atoms with van der Waals surface area (Å²) < 4.78 is 10.5. The van der Waals surface area contributed by atoms with Crippen molar-refractivity contribution in [2.75, 3.05) is 0 Å². The van der Waals surface area contributed by atoms with Crippen molar-refractivity contribution in [3.8, 4) is 0 Å². The third-order valence-electron chi connectivity index (χ3n) is 2.59. The molecule has 2 aromatic rings. The van der Waals surface area contributed by atoms with Crippen LogP contribution >= 0.6 is 0 Å². The molecule has 0 aliphatic rings. The van der Waals surface area contributed by atoms with Gasteiger partial charge in [0.05, 0.1) is 6.07 Å². The number of hydrogen-bond acceptors (Lipinski definition) is 5. The largest absolute Gasteiger partial charge is 0.464 e. The SMILES string of the molecule is Cc1cc(C(N)c2ccc([N+](=O)[O-])o2)oc1C. The molecule has 0 bridgehead atoms. The third-order valence-corrected chi connectivity index (χ3v) is 2.59. The van der Waals surface area contributed by atoms with Gasteiger partial charge in [-0.3, -0.25) is 10.1 Å². The van der Waals surface area contributed by atoms with Crippen LogP contribution in [0.25, 0.3) is 0 Å². The highest BCUT2D eigenvalue weighted by molar-refractivity contribution is 5.28. The summed E-state index contributed by atoms with van der Waals surface area (Å²) in [7, 11) is 0. The van der Waals surface area contributed by atoms with Crippen molar-refractivity contribution in [2.24, 2.45) is 5.73 Å². The summed E-state index contributed by atoms with van der Waals surface area (Å²) in [5.74, 6) is 1.29. The van der Waals surface area contributed by atoms with Gasteiger partial charge < -0.3 is 14.6 Å². The first-order valence-corrected chi connectivity index (χ1v) is 5.05. The maximum Gasteiger partial charge on any atom is 0.433 e. The van der Waals surface area contributed by atoms with Crippen molar-refractivity contribution in [1.29, 1.82) is 0 Å². The number of rotatable bonds is 3. The van der Waals surface area contributed by atoms with Crippen LogP contribution in [-0.2, 0) is 0 Å². The second kappa shape index (κ2) is 4.06. The van der Waals surface area contributed by atoms with E-state index >= 15 is 0 Å². The minimum absolute atomic E-state index is 0.311. The summed E-state index contributed by atoms with van der Waals surface area (Å²) in [5.41, 5.74) is 6.88. The van der Waals surface area contributed by atoms with E-state index in [1.54, 1.807) is 6.07 Å². The predicted molar refractivity (Wildman–Crippen MR) is 59.6 cm³/mol. The third kappa shape index (κ3) is 2.07. The number of hydrogen-bond donors (Lipinski definition) is 1. The molecule has 17 heavy (non-hydrogen) atoms. The van der Waals surface area contributed by atoms with Crippen LogP contribution in [-0.4, -0.2) is 4.92 Å². The summed E-state index contributed by atoms with van der Waals surface area (Å²) in [6.07, 6.45) is 0. The van der Waals surface area contributed by atoms with Gasteiger partial charge >= 0.3 is 5.88 Å². The van der Waals surface area contributed by atoms with Gasteiger partial charge in [-0.15, -0.1) is 0 Å². The monoisotopic (exact) mass is 236 g/mol. The van der Waals surface area contributed by atoms with Gasteiger partial charge in [-0.05, 0) is 31.5 Å². The Bertz CT molecular complexity index is 536. The van der Waals surface area contributed by atoms with Gasteiger partial charge in [0.25, 0.3) is 0 Å². The fourth-order valence-electron chi connectivity index (χ4n) is 1.50. The van der Waals surface area contributed by atoms with Gasteiger partial charge in [-0.25, -0.2) is 0 Å². The lowest BCUT2D eigenvalue weighted by molar-refractivity contribution is -0.402. The van der Waals surface area contributed by atoms with E-state index in [2.05, 4.69) is 0 Å². The van der Waals surface area contributed by atoms with Crippen LogP contribution in [0.2, 0.25) is 0 Å². The Kier molecular flexibility index (Phi) is 2.72. The van der Waals surface area contributed by atoms with Crippen molar-refractivity contribution in [1.82, 2.24) is 0 Å². The zero-order valence-corrected chi connectivity index (χ0v) is 9.47. The Hall–Kier alpha value is -2.08. The molecule has 0 radical (unpaired) electrons. The molecule has 0 spiro atoms. The molecule has 1 atom stereocenters. The Morgan fingerprint density at radius 3 is 2.47 bits per heavy atom. The van der Waals surface area contributed by atoms with Crippen molar-refractivity contribution in [3.05, 3.63) is 51.2 Å². The molecule has 2 N–H and O–H groups in total. The molecule has 0 aromatic carbocycles. The smallest absolute Gasteiger partial charge is 0.433 e. The van der Waals surface area contributed by atoms with E-state index in [1.807, 2.05) is 13.8 Å². The second-order valence-corrected chi connectivity index (χ2v) is 3.80. The van der Waals surface area contributed by atoms with Crippen molar-refractivity contribution in [2.45, 2.75) is 19.9 Å². The fraction of sp³-hybridized carbons (Fsp3) is 0.273. The zero-order valence-electron chi connectivity index (χ0n) is 9.47. The number of nitrogens with zero attached hydrogens (tertiary/aromatic N) is 1. The summed E-state index contributed by atoms with van der Waals surface area (Å²) in [6, 6.07) is 3.93. The lowest BCUT2D eigenvalue weighted by atomic mass is 10.1. The number of furan rings is 2. The topological polar surface area (TPSA) is 95.4 Å². The van der Waals surface area contributed by atoms with Gasteiger partial charge in [-0.1, -0.05) is 0 Å². The summed E-state index contributed by atoms with van der Waals surface area (Å²) in [5, 5.41) is 10.5. The maximum atomic E-state index is 10.5. The molecular formula is C11H12N2O4. The van der Waals surface area contributed by atoms with E-state index in [-0.39, 0.29) is 5.88 Å². The Balaban J connectivity index is 2.30. The molecule has 1 unspecified atom stereocenters. The first-order chi connectivity index (χ1) is 7.99. The van der Waals surface area contributed by atoms with Crippen molar-refractivity contribution >= 4 is 5.88 Å². The van der Waals surface area contributed by atoms with Crippen molar-refractivity contribution in [3.63, 3.8) is 0 Å². The summed E-state index contributed by atoms with van der Waals surface area (Å²) in [6.45, 7) is 3.73. The first-order valence-electron chi connectivity index (χ1n) is 5.05. The molecule has 6 heteroatoms. The molecule has 2 aromatic heterocycles. The minimum atomic E-state index is -0.629. The Labute approximate surface area is 97.2 Å². The van der Waals surface area contributed by atoms with E-state index in [4.69, 9.17) is 14.6 Å². The number of nitro groups is 1. The van der Waals surface area contributed by atoms with E-state index in [0.29, 0.717) is 11.5 Å². The molecule has 0 aliphatic carbocycles. The second-order valence-electron chi connectivity index (χ2n) is 3.80. The molecule has 0 saturated carbocycles. The lowest BCUT2D eigenvalue weighted by Crippen LogP contribution is -2.09. The Morgan fingerprint density at radius 2 is 2.00 bits per heavy atom. The van der Waals surface area contributed by atoms with Gasteiger partial charge in [0.1, 0.15) is 28.2 Å². The van der Waals surface area contributed by atoms with Crippen molar-refractivity contribution < 1.29 is 13.8 Å². The summed E-state index contributed by atoms with van der Waals surface area (Å²) >= 11 is 0. The molecule has 0 amide bonds. The van der Waals surface area contributed by atoms with Crippen LogP contribution in [0.15, 0.2) is 27.0 Å². The maximum absolute atomic E-state index is 10.5. The molecule has 0 saturated heterocycles. The average molecular weight is 236 g/mol. The minimum Gasteiger partial charge on any atom is -0.464 e. The molecule has 6 nitrogen and oxygen atoms in total. The first kappa shape index (κ1) is 11.4. The van der Waals surface area contributed by atoms with E-state index in [9.17, 15) is 10.1 Å². The number of nitrogens with two attached hydrogens (primary N) is 1. The van der Waals surface area contributed by atoms with Gasteiger partial charge in [0, 0.05) is 0 Å². The highest BCUT2D eigenvalue weighted by Gasteiger charge is 2.21. The van der Waals surface area contributed by atoms with E-state index < -0.39 is 11.0 Å². The van der Waals surface area contributed by atoms with Gasteiger partial charge in [0.2, 0.25) is 0 Å².